The van der Waals surface area contributed by atoms with Gasteiger partial charge in [-0.05, 0) is 42.0 Å². The van der Waals surface area contributed by atoms with Crippen LogP contribution in [0.1, 0.15) is 15.9 Å². The summed E-state index contributed by atoms with van der Waals surface area (Å²) in [5.41, 5.74) is 3.74. The summed E-state index contributed by atoms with van der Waals surface area (Å²) in [4.78, 5) is 17.1. The van der Waals surface area contributed by atoms with Crippen molar-refractivity contribution in [3.8, 4) is 17.2 Å². The van der Waals surface area contributed by atoms with Gasteiger partial charge in [-0.2, -0.15) is 0 Å². The van der Waals surface area contributed by atoms with Crippen LogP contribution in [0, 0.1) is 0 Å². The molecule has 152 valence electrons. The number of nitrogens with one attached hydrogen (secondary N) is 1. The van der Waals surface area contributed by atoms with Crippen molar-refractivity contribution in [1.29, 1.82) is 0 Å². The molecule has 0 fully saturated rings. The molecule has 7 heteroatoms. The number of nitrogens with zero attached hydrogens (tertiary/aromatic N) is 2. The molecule has 1 amide bonds. The molecule has 0 atom stereocenters. The van der Waals surface area contributed by atoms with Gasteiger partial charge in [0.1, 0.15) is 17.8 Å². The molecule has 4 rings (SSSR count). The van der Waals surface area contributed by atoms with E-state index in [0.29, 0.717) is 34.1 Å². The van der Waals surface area contributed by atoms with Gasteiger partial charge in [-0.15, -0.1) is 0 Å². The lowest BCUT2D eigenvalue weighted by Gasteiger charge is -2.12. The Kier molecular flexibility index (Phi) is 5.59. The van der Waals surface area contributed by atoms with E-state index in [9.17, 15) is 4.79 Å². The summed E-state index contributed by atoms with van der Waals surface area (Å²) in [6.07, 6.45) is 1.70. The molecule has 0 aliphatic carbocycles. The number of imidazole rings is 1. The minimum Gasteiger partial charge on any atom is -0.497 e. The molecule has 1 heterocycles. The van der Waals surface area contributed by atoms with Crippen LogP contribution < -0.4 is 14.8 Å². The SMILES string of the molecule is COc1ccc(OC)c(-n2cnc3cc(C(=O)NCc4ccccc4Cl)ccc32)c1. The van der Waals surface area contributed by atoms with Crippen LogP contribution in [0.5, 0.6) is 11.5 Å². The first-order valence-corrected chi connectivity index (χ1v) is 9.69. The van der Waals surface area contributed by atoms with Gasteiger partial charge in [-0.1, -0.05) is 29.8 Å². The highest BCUT2D eigenvalue weighted by Crippen LogP contribution is 2.30. The number of carbonyl (C=O) groups excluding carboxylic acids is 1. The Morgan fingerprint density at radius 2 is 1.90 bits per heavy atom. The molecule has 0 saturated carbocycles. The van der Waals surface area contributed by atoms with Crippen molar-refractivity contribution >= 4 is 28.5 Å². The molecule has 0 radical (unpaired) electrons. The van der Waals surface area contributed by atoms with Gasteiger partial charge in [0.2, 0.25) is 0 Å². The number of halogens is 1. The summed E-state index contributed by atoms with van der Waals surface area (Å²) in [5.74, 6) is 1.21. The number of carbonyl (C=O) groups is 1. The van der Waals surface area contributed by atoms with Crippen molar-refractivity contribution in [1.82, 2.24) is 14.9 Å². The average molecular weight is 422 g/mol. The van der Waals surface area contributed by atoms with Gasteiger partial charge in [0, 0.05) is 23.2 Å². The number of amides is 1. The Morgan fingerprint density at radius 1 is 1.07 bits per heavy atom. The first kappa shape index (κ1) is 19.8. The van der Waals surface area contributed by atoms with Gasteiger partial charge in [0.15, 0.2) is 0 Å². The summed E-state index contributed by atoms with van der Waals surface area (Å²) >= 11 is 6.16. The van der Waals surface area contributed by atoms with Crippen LogP contribution >= 0.6 is 11.6 Å². The summed E-state index contributed by atoms with van der Waals surface area (Å²) in [7, 11) is 3.23. The summed E-state index contributed by atoms with van der Waals surface area (Å²) in [6.45, 7) is 0.353. The van der Waals surface area contributed by atoms with Crippen molar-refractivity contribution in [2.75, 3.05) is 14.2 Å². The van der Waals surface area contributed by atoms with Gasteiger partial charge in [0.25, 0.3) is 5.91 Å². The summed E-state index contributed by atoms with van der Waals surface area (Å²) < 4.78 is 12.7. The van der Waals surface area contributed by atoms with E-state index in [1.165, 1.54) is 0 Å². The Labute approximate surface area is 179 Å². The molecule has 0 saturated heterocycles. The molecule has 0 bridgehead atoms. The second-order valence-corrected chi connectivity index (χ2v) is 7.04. The van der Waals surface area contributed by atoms with Gasteiger partial charge in [0.05, 0.1) is 30.9 Å². The highest BCUT2D eigenvalue weighted by Gasteiger charge is 2.14. The average Bonchev–Trinajstić information content (AvgIpc) is 3.21. The molecule has 3 aromatic carbocycles. The number of hydrogen-bond acceptors (Lipinski definition) is 4. The number of methoxy groups -OCH3 is 2. The first-order valence-electron chi connectivity index (χ1n) is 9.32. The van der Waals surface area contributed by atoms with Crippen LogP contribution in [0.3, 0.4) is 0 Å². The Hall–Kier alpha value is -3.51. The van der Waals surface area contributed by atoms with Gasteiger partial charge < -0.3 is 14.8 Å². The lowest BCUT2D eigenvalue weighted by Crippen LogP contribution is -2.22. The largest absolute Gasteiger partial charge is 0.497 e. The zero-order valence-corrected chi connectivity index (χ0v) is 17.3. The third-order valence-electron chi connectivity index (χ3n) is 4.85. The number of hydrogen-bond donors (Lipinski definition) is 1. The minimum absolute atomic E-state index is 0.190. The Bertz CT molecular complexity index is 1220. The van der Waals surface area contributed by atoms with Crippen molar-refractivity contribution in [2.45, 2.75) is 6.54 Å². The third kappa shape index (κ3) is 3.82. The maximum atomic E-state index is 12.6. The molecule has 6 nitrogen and oxygen atoms in total. The molecule has 30 heavy (non-hydrogen) atoms. The predicted molar refractivity (Wildman–Crippen MR) is 117 cm³/mol. The number of benzene rings is 3. The quantitative estimate of drug-likeness (QED) is 0.493. The van der Waals surface area contributed by atoms with Crippen LogP contribution in [-0.4, -0.2) is 29.7 Å². The lowest BCUT2D eigenvalue weighted by molar-refractivity contribution is 0.0951. The van der Waals surface area contributed by atoms with Crippen LogP contribution in [0.2, 0.25) is 5.02 Å². The molecule has 1 aromatic heterocycles. The van der Waals surface area contributed by atoms with E-state index < -0.39 is 0 Å². The topological polar surface area (TPSA) is 65.4 Å². The van der Waals surface area contributed by atoms with E-state index in [1.54, 1.807) is 38.7 Å². The van der Waals surface area contributed by atoms with Gasteiger partial charge in [-0.3, -0.25) is 9.36 Å². The van der Waals surface area contributed by atoms with Crippen LogP contribution in [0.25, 0.3) is 16.7 Å². The number of fused-ring (bicyclic) bond motifs is 1. The van der Waals surface area contributed by atoms with Crippen molar-refractivity contribution in [3.05, 3.63) is 83.1 Å². The smallest absolute Gasteiger partial charge is 0.251 e. The molecular formula is C23H20ClN3O3. The van der Waals surface area contributed by atoms with E-state index >= 15 is 0 Å². The normalized spacial score (nSPS) is 10.8. The van der Waals surface area contributed by atoms with Crippen molar-refractivity contribution < 1.29 is 14.3 Å². The zero-order chi connectivity index (χ0) is 21.1. The number of rotatable bonds is 6. The molecule has 0 spiro atoms. The van der Waals surface area contributed by atoms with E-state index in [4.69, 9.17) is 21.1 Å². The zero-order valence-electron chi connectivity index (χ0n) is 16.6. The minimum atomic E-state index is -0.190. The second kappa shape index (κ2) is 8.47. The standard InChI is InChI=1S/C23H20ClN3O3/c1-29-17-8-10-22(30-2)21(12-17)27-14-26-19-11-15(7-9-20(19)27)23(28)25-13-16-5-3-4-6-18(16)24/h3-12,14H,13H2,1-2H3,(H,25,28). The Balaban J connectivity index is 1.61. The highest BCUT2D eigenvalue weighted by molar-refractivity contribution is 6.31. The number of ether oxygens (including phenoxy) is 2. The predicted octanol–water partition coefficient (Wildman–Crippen LogP) is 4.63. The van der Waals surface area contributed by atoms with Crippen LogP contribution in [0.4, 0.5) is 0 Å². The molecule has 0 aliphatic heterocycles. The molecular weight excluding hydrogens is 402 g/mol. The fraction of sp³-hybridized carbons (Fsp3) is 0.130. The summed E-state index contributed by atoms with van der Waals surface area (Å²) in [6, 6.07) is 18.4. The number of aromatic nitrogens is 2. The first-order chi connectivity index (χ1) is 14.6. The third-order valence-corrected chi connectivity index (χ3v) is 5.22. The van der Waals surface area contributed by atoms with E-state index in [2.05, 4.69) is 10.3 Å². The fourth-order valence-corrected chi connectivity index (χ4v) is 3.45. The van der Waals surface area contributed by atoms with Crippen molar-refractivity contribution in [3.63, 3.8) is 0 Å². The van der Waals surface area contributed by atoms with E-state index in [1.807, 2.05) is 47.0 Å². The van der Waals surface area contributed by atoms with Gasteiger partial charge >= 0.3 is 0 Å². The van der Waals surface area contributed by atoms with Crippen LogP contribution in [-0.2, 0) is 6.54 Å². The van der Waals surface area contributed by atoms with Crippen molar-refractivity contribution in [2.24, 2.45) is 0 Å². The Morgan fingerprint density at radius 3 is 2.67 bits per heavy atom. The molecule has 0 aliphatic rings. The van der Waals surface area contributed by atoms with E-state index in [0.717, 1.165) is 16.8 Å². The monoisotopic (exact) mass is 421 g/mol. The second-order valence-electron chi connectivity index (χ2n) is 6.63. The maximum absolute atomic E-state index is 12.6. The molecule has 1 N–H and O–H groups in total. The highest BCUT2D eigenvalue weighted by atomic mass is 35.5. The fourth-order valence-electron chi connectivity index (χ4n) is 3.25. The maximum Gasteiger partial charge on any atom is 0.251 e. The van der Waals surface area contributed by atoms with Gasteiger partial charge in [-0.25, -0.2) is 4.98 Å². The lowest BCUT2D eigenvalue weighted by atomic mass is 10.1. The van der Waals surface area contributed by atoms with E-state index in [-0.39, 0.29) is 5.91 Å². The molecule has 0 unspecified atom stereocenters. The van der Waals surface area contributed by atoms with Crippen LogP contribution in [0.15, 0.2) is 67.0 Å². The molecule has 4 aromatic rings. The summed E-state index contributed by atoms with van der Waals surface area (Å²) in [5, 5.41) is 3.52.